The molecule has 1 aliphatic carbocycles. The number of fused-ring (bicyclic) bond motifs is 1. The largest absolute Gasteiger partial charge is 0.313 e. The number of rotatable bonds is 3. The lowest BCUT2D eigenvalue weighted by atomic mass is 9.76. The van der Waals surface area contributed by atoms with E-state index in [9.17, 15) is 0 Å². The molecule has 2 aromatic rings. The summed E-state index contributed by atoms with van der Waals surface area (Å²) in [7, 11) is 2.09. The van der Waals surface area contributed by atoms with Crippen molar-refractivity contribution in [3.8, 4) is 0 Å². The first-order valence-corrected chi connectivity index (χ1v) is 7.80. The van der Waals surface area contributed by atoms with Crippen molar-refractivity contribution < 1.29 is 0 Å². The molecule has 1 aliphatic rings. The average molecular weight is 268 g/mol. The highest BCUT2D eigenvalue weighted by molar-refractivity contribution is 5.79. The number of hydrogen-bond donors (Lipinski definition) is 1. The highest BCUT2D eigenvalue weighted by atomic mass is 14.9. The summed E-state index contributed by atoms with van der Waals surface area (Å²) in [4.78, 5) is 4.41. The Hall–Kier alpha value is -1.41. The Labute approximate surface area is 121 Å². The Morgan fingerprint density at radius 3 is 2.95 bits per heavy atom. The van der Waals surface area contributed by atoms with E-state index < -0.39 is 0 Å². The van der Waals surface area contributed by atoms with Gasteiger partial charge in [-0.25, -0.2) is 0 Å². The normalized spacial score (nSPS) is 24.7. The second-order valence-corrected chi connectivity index (χ2v) is 6.25. The third kappa shape index (κ3) is 2.71. The zero-order valence-corrected chi connectivity index (χ0v) is 12.5. The number of benzene rings is 1. The first-order valence-electron chi connectivity index (χ1n) is 7.80. The van der Waals surface area contributed by atoms with E-state index in [0.29, 0.717) is 6.04 Å². The van der Waals surface area contributed by atoms with Crippen molar-refractivity contribution >= 4 is 10.9 Å². The van der Waals surface area contributed by atoms with Gasteiger partial charge >= 0.3 is 0 Å². The highest BCUT2D eigenvalue weighted by Crippen LogP contribution is 2.37. The fourth-order valence-corrected chi connectivity index (χ4v) is 3.75. The third-order valence-corrected chi connectivity index (χ3v) is 4.75. The number of hydrogen-bond acceptors (Lipinski definition) is 2. The molecule has 0 spiro atoms. The Kier molecular flexibility index (Phi) is 4.02. The first-order chi connectivity index (χ1) is 9.78. The van der Waals surface area contributed by atoms with Crippen LogP contribution < -0.4 is 5.32 Å². The SMILES string of the molecule is CNC(c1ccc2ncccc2c1)C1CCCC(C)C1. The number of pyridine rings is 1. The minimum absolute atomic E-state index is 0.474. The maximum atomic E-state index is 4.41. The fourth-order valence-electron chi connectivity index (χ4n) is 3.75. The topological polar surface area (TPSA) is 24.9 Å². The quantitative estimate of drug-likeness (QED) is 0.896. The number of aromatic nitrogens is 1. The van der Waals surface area contributed by atoms with Crippen molar-refractivity contribution in [3.05, 3.63) is 42.1 Å². The van der Waals surface area contributed by atoms with E-state index >= 15 is 0 Å². The molecule has 2 nitrogen and oxygen atoms in total. The van der Waals surface area contributed by atoms with Gasteiger partial charge in [0, 0.05) is 17.6 Å². The van der Waals surface area contributed by atoms with Crippen LogP contribution >= 0.6 is 0 Å². The standard InChI is InChI=1S/C18H24N2/c1-13-5-3-6-15(11-13)18(19-2)16-8-9-17-14(12-16)7-4-10-20-17/h4,7-10,12-13,15,18-19H,3,5-6,11H2,1-2H3. The van der Waals surface area contributed by atoms with Crippen molar-refractivity contribution in [1.29, 1.82) is 0 Å². The summed E-state index contributed by atoms with van der Waals surface area (Å²) < 4.78 is 0. The zero-order valence-electron chi connectivity index (χ0n) is 12.5. The Balaban J connectivity index is 1.90. The van der Waals surface area contributed by atoms with E-state index in [-0.39, 0.29) is 0 Å². The van der Waals surface area contributed by atoms with Crippen LogP contribution in [0.2, 0.25) is 0 Å². The van der Waals surface area contributed by atoms with Crippen LogP contribution in [-0.4, -0.2) is 12.0 Å². The molecule has 1 N–H and O–H groups in total. The smallest absolute Gasteiger partial charge is 0.0702 e. The lowest BCUT2D eigenvalue weighted by molar-refractivity contribution is 0.230. The fraction of sp³-hybridized carbons (Fsp3) is 0.500. The summed E-state index contributed by atoms with van der Waals surface area (Å²) in [6.07, 6.45) is 7.33. The van der Waals surface area contributed by atoms with Crippen LogP contribution in [0.4, 0.5) is 0 Å². The summed E-state index contributed by atoms with van der Waals surface area (Å²) in [6, 6.07) is 11.4. The third-order valence-electron chi connectivity index (χ3n) is 4.75. The Morgan fingerprint density at radius 2 is 2.15 bits per heavy atom. The molecule has 106 valence electrons. The average Bonchev–Trinajstić information content (AvgIpc) is 2.48. The van der Waals surface area contributed by atoms with E-state index in [1.807, 2.05) is 12.3 Å². The molecule has 0 bridgehead atoms. The van der Waals surface area contributed by atoms with Gasteiger partial charge < -0.3 is 5.32 Å². The van der Waals surface area contributed by atoms with Crippen molar-refractivity contribution in [2.24, 2.45) is 11.8 Å². The molecule has 0 radical (unpaired) electrons. The molecule has 1 saturated carbocycles. The maximum absolute atomic E-state index is 4.41. The van der Waals surface area contributed by atoms with Gasteiger partial charge in [-0.3, -0.25) is 4.98 Å². The molecule has 3 unspecified atom stereocenters. The Bertz CT molecular complexity index is 578. The van der Waals surface area contributed by atoms with Crippen molar-refractivity contribution in [2.45, 2.75) is 38.6 Å². The summed E-state index contributed by atoms with van der Waals surface area (Å²) in [5.41, 5.74) is 2.50. The summed E-state index contributed by atoms with van der Waals surface area (Å²) in [6.45, 7) is 2.39. The van der Waals surface area contributed by atoms with E-state index in [1.165, 1.54) is 36.6 Å². The zero-order chi connectivity index (χ0) is 13.9. The van der Waals surface area contributed by atoms with Crippen LogP contribution in [0.15, 0.2) is 36.5 Å². The lowest BCUT2D eigenvalue weighted by Gasteiger charge is -2.33. The van der Waals surface area contributed by atoms with Gasteiger partial charge in [0.05, 0.1) is 5.52 Å². The highest BCUT2D eigenvalue weighted by Gasteiger charge is 2.26. The van der Waals surface area contributed by atoms with Crippen LogP contribution in [0.3, 0.4) is 0 Å². The van der Waals surface area contributed by atoms with Gasteiger partial charge in [0.25, 0.3) is 0 Å². The molecule has 1 heterocycles. The van der Waals surface area contributed by atoms with Gasteiger partial charge in [0.2, 0.25) is 0 Å². The maximum Gasteiger partial charge on any atom is 0.0702 e. The minimum Gasteiger partial charge on any atom is -0.313 e. The summed E-state index contributed by atoms with van der Waals surface area (Å²) >= 11 is 0. The van der Waals surface area contributed by atoms with Gasteiger partial charge in [-0.05, 0) is 55.5 Å². The van der Waals surface area contributed by atoms with Gasteiger partial charge in [-0.2, -0.15) is 0 Å². The predicted octanol–water partition coefficient (Wildman–Crippen LogP) is 4.32. The second-order valence-electron chi connectivity index (χ2n) is 6.25. The lowest BCUT2D eigenvalue weighted by Crippen LogP contribution is -2.28. The van der Waals surface area contributed by atoms with Gasteiger partial charge in [-0.1, -0.05) is 31.9 Å². The molecule has 1 aromatic heterocycles. The molecule has 0 saturated heterocycles. The number of nitrogens with one attached hydrogen (secondary N) is 1. The molecule has 3 rings (SSSR count). The molecule has 0 amide bonds. The molecule has 2 heteroatoms. The number of nitrogens with zero attached hydrogens (tertiary/aromatic N) is 1. The summed E-state index contributed by atoms with van der Waals surface area (Å²) in [5, 5.41) is 4.80. The molecule has 1 aromatic carbocycles. The van der Waals surface area contributed by atoms with Crippen LogP contribution in [0.5, 0.6) is 0 Å². The van der Waals surface area contributed by atoms with Crippen molar-refractivity contribution in [1.82, 2.24) is 10.3 Å². The van der Waals surface area contributed by atoms with E-state index in [0.717, 1.165) is 17.4 Å². The molecule has 3 atom stereocenters. The van der Waals surface area contributed by atoms with E-state index in [4.69, 9.17) is 0 Å². The van der Waals surface area contributed by atoms with E-state index in [1.54, 1.807) is 0 Å². The Morgan fingerprint density at radius 1 is 1.25 bits per heavy atom. The van der Waals surface area contributed by atoms with Crippen LogP contribution in [0, 0.1) is 11.8 Å². The van der Waals surface area contributed by atoms with E-state index in [2.05, 4.69) is 48.5 Å². The molecular formula is C18H24N2. The molecule has 20 heavy (non-hydrogen) atoms. The van der Waals surface area contributed by atoms with Crippen molar-refractivity contribution in [3.63, 3.8) is 0 Å². The van der Waals surface area contributed by atoms with Gasteiger partial charge in [0.15, 0.2) is 0 Å². The second kappa shape index (κ2) is 5.92. The molecule has 0 aliphatic heterocycles. The van der Waals surface area contributed by atoms with Crippen LogP contribution in [0.25, 0.3) is 10.9 Å². The molecular weight excluding hydrogens is 244 g/mol. The first kappa shape index (κ1) is 13.6. The minimum atomic E-state index is 0.474. The van der Waals surface area contributed by atoms with Gasteiger partial charge in [-0.15, -0.1) is 0 Å². The van der Waals surface area contributed by atoms with Crippen LogP contribution in [0.1, 0.15) is 44.2 Å². The van der Waals surface area contributed by atoms with Crippen LogP contribution in [-0.2, 0) is 0 Å². The van der Waals surface area contributed by atoms with Crippen molar-refractivity contribution in [2.75, 3.05) is 7.05 Å². The monoisotopic (exact) mass is 268 g/mol. The summed E-state index contributed by atoms with van der Waals surface area (Å²) in [5.74, 6) is 1.63. The molecule has 1 fully saturated rings. The van der Waals surface area contributed by atoms with Gasteiger partial charge in [0.1, 0.15) is 0 Å². The predicted molar refractivity (Wildman–Crippen MR) is 84.7 cm³/mol.